The average molecular weight is 300 g/mol. The van der Waals surface area contributed by atoms with Crippen molar-refractivity contribution >= 4 is 23.3 Å². The van der Waals surface area contributed by atoms with Crippen LogP contribution in [0, 0.1) is 0 Å². The van der Waals surface area contributed by atoms with Gasteiger partial charge in [0.1, 0.15) is 0 Å². The van der Waals surface area contributed by atoms with Gasteiger partial charge in [-0.3, -0.25) is 9.78 Å². The first-order valence-corrected chi connectivity index (χ1v) is 7.96. The summed E-state index contributed by atoms with van der Waals surface area (Å²) in [5.74, 6) is 0.484. The number of aromatic nitrogens is 1. The molecule has 3 nitrogen and oxygen atoms in total. The van der Waals surface area contributed by atoms with E-state index < -0.39 is 0 Å². The van der Waals surface area contributed by atoms with Gasteiger partial charge in [-0.2, -0.15) is 0 Å². The van der Waals surface area contributed by atoms with Crippen molar-refractivity contribution in [3.63, 3.8) is 0 Å². The predicted molar refractivity (Wildman–Crippen MR) is 88.4 cm³/mol. The van der Waals surface area contributed by atoms with Crippen molar-refractivity contribution in [3.8, 4) is 0 Å². The van der Waals surface area contributed by atoms with Crippen LogP contribution in [0.2, 0.25) is 0 Å². The van der Waals surface area contributed by atoms with Gasteiger partial charge >= 0.3 is 0 Å². The molecule has 1 aromatic heterocycles. The Bertz CT molecular complexity index is 586. The van der Waals surface area contributed by atoms with E-state index in [4.69, 9.17) is 0 Å². The Balaban J connectivity index is 1.74. The van der Waals surface area contributed by atoms with Crippen molar-refractivity contribution < 1.29 is 4.79 Å². The van der Waals surface area contributed by atoms with Crippen molar-refractivity contribution in [2.45, 2.75) is 26.2 Å². The molecule has 0 bridgehead atoms. The maximum absolute atomic E-state index is 11.7. The van der Waals surface area contributed by atoms with Gasteiger partial charge in [-0.05, 0) is 29.5 Å². The molecule has 4 heteroatoms. The second-order valence-corrected chi connectivity index (χ2v) is 6.09. The minimum Gasteiger partial charge on any atom is -0.352 e. The molecule has 0 atom stereocenters. The third kappa shape index (κ3) is 5.16. The van der Waals surface area contributed by atoms with Crippen molar-refractivity contribution in [3.05, 3.63) is 58.1 Å². The Morgan fingerprint density at radius 2 is 2.10 bits per heavy atom. The monoisotopic (exact) mass is 300 g/mol. The van der Waals surface area contributed by atoms with E-state index in [1.807, 2.05) is 0 Å². The number of benzene rings is 1. The minimum absolute atomic E-state index is 0.0674. The van der Waals surface area contributed by atoms with E-state index in [1.165, 1.54) is 22.5 Å². The second-order valence-electron chi connectivity index (χ2n) is 5.17. The molecule has 0 spiro atoms. The molecule has 0 aliphatic heterocycles. The zero-order valence-corrected chi connectivity index (χ0v) is 13.2. The Labute approximate surface area is 129 Å². The van der Waals surface area contributed by atoms with Crippen LogP contribution in [0.1, 0.15) is 35.8 Å². The van der Waals surface area contributed by atoms with Crippen LogP contribution >= 0.6 is 11.3 Å². The molecular weight excluding hydrogens is 280 g/mol. The number of amides is 1. The lowest BCUT2D eigenvalue weighted by molar-refractivity contribution is -0.116. The Hall–Kier alpha value is -1.94. The average Bonchev–Trinajstić information content (AvgIpc) is 2.99. The maximum Gasteiger partial charge on any atom is 0.244 e. The number of carbonyl (C=O) groups is 1. The van der Waals surface area contributed by atoms with E-state index >= 15 is 0 Å². The van der Waals surface area contributed by atoms with E-state index in [0.717, 1.165) is 11.3 Å². The normalized spacial score (nSPS) is 11.2. The van der Waals surface area contributed by atoms with Crippen LogP contribution in [0.25, 0.3) is 6.08 Å². The fraction of sp³-hybridized carbons (Fsp3) is 0.294. The molecule has 2 rings (SSSR count). The summed E-state index contributed by atoms with van der Waals surface area (Å²) in [7, 11) is 0. The van der Waals surface area contributed by atoms with E-state index in [2.05, 4.69) is 48.4 Å². The lowest BCUT2D eigenvalue weighted by atomic mass is 10.0. The summed E-state index contributed by atoms with van der Waals surface area (Å²) in [6.45, 7) is 5.02. The minimum atomic E-state index is -0.0674. The van der Waals surface area contributed by atoms with Gasteiger partial charge in [0.05, 0.1) is 5.51 Å². The van der Waals surface area contributed by atoms with Crippen LogP contribution in [0.5, 0.6) is 0 Å². The molecule has 0 unspecified atom stereocenters. The van der Waals surface area contributed by atoms with Crippen LogP contribution in [-0.4, -0.2) is 17.4 Å². The van der Waals surface area contributed by atoms with E-state index in [9.17, 15) is 4.79 Å². The number of thiazole rings is 1. The molecule has 0 fully saturated rings. The molecule has 21 heavy (non-hydrogen) atoms. The molecule has 1 amide bonds. The van der Waals surface area contributed by atoms with E-state index in [1.54, 1.807) is 23.9 Å². The lowest BCUT2D eigenvalue weighted by Crippen LogP contribution is -2.23. The fourth-order valence-corrected chi connectivity index (χ4v) is 2.44. The smallest absolute Gasteiger partial charge is 0.244 e. The number of nitrogens with one attached hydrogen (secondary N) is 1. The zero-order chi connectivity index (χ0) is 15.1. The maximum atomic E-state index is 11.7. The Morgan fingerprint density at radius 1 is 1.33 bits per heavy atom. The van der Waals surface area contributed by atoms with Crippen LogP contribution in [0.4, 0.5) is 0 Å². The van der Waals surface area contributed by atoms with Gasteiger partial charge in [0.2, 0.25) is 5.91 Å². The highest BCUT2D eigenvalue weighted by Crippen LogP contribution is 2.14. The molecule has 0 radical (unpaired) electrons. The third-order valence-corrected chi connectivity index (χ3v) is 3.95. The number of rotatable bonds is 6. The Morgan fingerprint density at radius 3 is 2.71 bits per heavy atom. The van der Waals surface area contributed by atoms with Gasteiger partial charge in [0.15, 0.2) is 0 Å². The summed E-state index contributed by atoms with van der Waals surface area (Å²) < 4.78 is 0. The quantitative estimate of drug-likeness (QED) is 0.828. The van der Waals surface area contributed by atoms with Crippen LogP contribution < -0.4 is 5.32 Å². The molecule has 0 aliphatic rings. The van der Waals surface area contributed by atoms with Gasteiger partial charge in [0, 0.05) is 23.7 Å². The molecule has 1 heterocycles. The zero-order valence-electron chi connectivity index (χ0n) is 12.4. The van der Waals surface area contributed by atoms with Crippen LogP contribution in [0.15, 0.2) is 42.0 Å². The van der Waals surface area contributed by atoms with E-state index in [-0.39, 0.29) is 5.91 Å². The summed E-state index contributed by atoms with van der Waals surface area (Å²) in [6, 6.07) is 8.58. The summed E-state index contributed by atoms with van der Waals surface area (Å²) in [5, 5.41) is 2.89. The van der Waals surface area contributed by atoms with Crippen molar-refractivity contribution in [2.24, 2.45) is 0 Å². The summed E-state index contributed by atoms with van der Waals surface area (Å²) in [5.41, 5.74) is 4.33. The molecule has 0 saturated carbocycles. The number of hydrogen-bond donors (Lipinski definition) is 1. The highest BCUT2D eigenvalue weighted by molar-refractivity contribution is 7.10. The van der Waals surface area contributed by atoms with Crippen LogP contribution in [-0.2, 0) is 11.2 Å². The van der Waals surface area contributed by atoms with Gasteiger partial charge < -0.3 is 5.32 Å². The molecule has 1 aromatic carbocycles. The molecule has 0 saturated heterocycles. The molecule has 110 valence electrons. The summed E-state index contributed by atoms with van der Waals surface area (Å²) in [4.78, 5) is 16.6. The first kappa shape index (κ1) is 15.4. The number of nitrogens with zero attached hydrogens (tertiary/aromatic N) is 1. The SMILES string of the molecule is CC(C)c1ccc(CCNC(=O)/C=C/c2cncs2)cc1. The molecular formula is C17H20N2OS. The first-order valence-electron chi connectivity index (χ1n) is 7.08. The van der Waals surface area contributed by atoms with Gasteiger partial charge in [-0.25, -0.2) is 0 Å². The number of carbonyl (C=O) groups excluding carboxylic acids is 1. The Kier molecular flexibility index (Phi) is 5.69. The van der Waals surface area contributed by atoms with Crippen molar-refractivity contribution in [1.29, 1.82) is 0 Å². The molecule has 2 aromatic rings. The third-order valence-electron chi connectivity index (χ3n) is 3.21. The van der Waals surface area contributed by atoms with Gasteiger partial charge in [-0.15, -0.1) is 11.3 Å². The standard InChI is InChI=1S/C17H20N2OS/c1-13(2)15-5-3-14(4-6-15)9-10-19-17(20)8-7-16-11-18-12-21-16/h3-8,11-13H,9-10H2,1-2H3,(H,19,20)/b8-7+. The van der Waals surface area contributed by atoms with E-state index in [0.29, 0.717) is 12.5 Å². The summed E-state index contributed by atoms with van der Waals surface area (Å²) in [6.07, 6.45) is 5.92. The molecule has 1 N–H and O–H groups in total. The topological polar surface area (TPSA) is 42.0 Å². The highest BCUT2D eigenvalue weighted by atomic mass is 32.1. The summed E-state index contributed by atoms with van der Waals surface area (Å²) >= 11 is 1.51. The lowest BCUT2D eigenvalue weighted by Gasteiger charge is -2.07. The number of hydrogen-bond acceptors (Lipinski definition) is 3. The van der Waals surface area contributed by atoms with Gasteiger partial charge in [0.25, 0.3) is 0 Å². The van der Waals surface area contributed by atoms with Crippen LogP contribution in [0.3, 0.4) is 0 Å². The van der Waals surface area contributed by atoms with Crippen molar-refractivity contribution in [2.75, 3.05) is 6.54 Å². The second kappa shape index (κ2) is 7.74. The van der Waals surface area contributed by atoms with Gasteiger partial charge in [-0.1, -0.05) is 38.1 Å². The molecule has 0 aliphatic carbocycles. The first-order chi connectivity index (χ1) is 10.1. The highest BCUT2D eigenvalue weighted by Gasteiger charge is 2.00. The fourth-order valence-electron chi connectivity index (χ4n) is 1.92. The predicted octanol–water partition coefficient (Wildman–Crippen LogP) is 3.64. The van der Waals surface area contributed by atoms with Crippen molar-refractivity contribution in [1.82, 2.24) is 10.3 Å². The largest absolute Gasteiger partial charge is 0.352 e.